The Morgan fingerprint density at radius 1 is 1.60 bits per heavy atom. The highest BCUT2D eigenvalue weighted by atomic mass is 31.1. The number of hydrogen-bond donors (Lipinski definition) is 0. The van der Waals surface area contributed by atoms with Gasteiger partial charge in [0.25, 0.3) is 0 Å². The van der Waals surface area contributed by atoms with Crippen LogP contribution in [0.15, 0.2) is 0 Å². The van der Waals surface area contributed by atoms with Gasteiger partial charge in [-0.1, -0.05) is 20.3 Å². The van der Waals surface area contributed by atoms with Gasteiger partial charge >= 0.3 is 0 Å². The lowest BCUT2D eigenvalue weighted by atomic mass is 10.0. The van der Waals surface area contributed by atoms with Crippen molar-refractivity contribution >= 4 is 7.92 Å². The molecule has 0 radical (unpaired) electrons. The fraction of sp³-hybridized carbons (Fsp3) is 1.00. The Morgan fingerprint density at radius 2 is 2.30 bits per heavy atom. The molecular weight excluding hydrogens is 139 g/mol. The van der Waals surface area contributed by atoms with E-state index in [1.807, 2.05) is 0 Å². The third-order valence-electron chi connectivity index (χ3n) is 2.88. The molecular formula is C9H19P. The van der Waals surface area contributed by atoms with E-state index in [1.54, 1.807) is 6.16 Å². The van der Waals surface area contributed by atoms with E-state index in [0.717, 1.165) is 11.6 Å². The Labute approximate surface area is 66.2 Å². The normalized spacial score (nSPS) is 36.3. The lowest BCUT2D eigenvalue weighted by molar-refractivity contribution is 0.517. The van der Waals surface area contributed by atoms with E-state index >= 15 is 0 Å². The highest BCUT2D eigenvalue weighted by Crippen LogP contribution is 2.50. The predicted molar refractivity (Wildman–Crippen MR) is 50.2 cm³/mol. The quantitative estimate of drug-likeness (QED) is 0.541. The largest absolute Gasteiger partial charge is 0.106 e. The van der Waals surface area contributed by atoms with Gasteiger partial charge in [0.1, 0.15) is 0 Å². The third kappa shape index (κ3) is 1.72. The van der Waals surface area contributed by atoms with Crippen molar-refractivity contribution in [1.29, 1.82) is 0 Å². The minimum absolute atomic E-state index is 0.426. The summed E-state index contributed by atoms with van der Waals surface area (Å²) in [5, 5.41) is 0. The summed E-state index contributed by atoms with van der Waals surface area (Å²) in [6.07, 6.45) is 5.97. The average Bonchev–Trinajstić information content (AvgIpc) is 2.34. The van der Waals surface area contributed by atoms with Crippen molar-refractivity contribution in [1.82, 2.24) is 0 Å². The molecule has 1 rings (SSSR count). The molecule has 10 heavy (non-hydrogen) atoms. The lowest BCUT2D eigenvalue weighted by Gasteiger charge is -2.21. The van der Waals surface area contributed by atoms with Gasteiger partial charge in [0, 0.05) is 0 Å². The maximum absolute atomic E-state index is 2.49. The second-order valence-electron chi connectivity index (χ2n) is 3.58. The van der Waals surface area contributed by atoms with Crippen LogP contribution in [-0.4, -0.2) is 18.5 Å². The van der Waals surface area contributed by atoms with E-state index in [4.69, 9.17) is 0 Å². The van der Waals surface area contributed by atoms with Gasteiger partial charge < -0.3 is 0 Å². The molecule has 0 saturated carbocycles. The molecule has 0 nitrogen and oxygen atoms in total. The molecule has 1 heteroatoms. The summed E-state index contributed by atoms with van der Waals surface area (Å²) in [7, 11) is 0.426. The van der Waals surface area contributed by atoms with Crippen molar-refractivity contribution in [2.24, 2.45) is 5.92 Å². The fourth-order valence-electron chi connectivity index (χ4n) is 1.93. The van der Waals surface area contributed by atoms with Gasteiger partial charge in [-0.05, 0) is 37.2 Å². The van der Waals surface area contributed by atoms with Gasteiger partial charge in [-0.2, -0.15) is 0 Å². The SMILES string of the molecule is CCC(C)C1CCCP1C. The van der Waals surface area contributed by atoms with Crippen LogP contribution in [-0.2, 0) is 0 Å². The number of hydrogen-bond acceptors (Lipinski definition) is 0. The summed E-state index contributed by atoms with van der Waals surface area (Å²) in [6.45, 7) is 7.24. The molecule has 0 aromatic carbocycles. The zero-order chi connectivity index (χ0) is 7.56. The Bertz CT molecular complexity index is 101. The van der Waals surface area contributed by atoms with Crippen molar-refractivity contribution in [2.75, 3.05) is 12.8 Å². The average molecular weight is 158 g/mol. The van der Waals surface area contributed by atoms with Gasteiger partial charge in [0.15, 0.2) is 0 Å². The number of rotatable bonds is 2. The Morgan fingerprint density at radius 3 is 2.70 bits per heavy atom. The van der Waals surface area contributed by atoms with Crippen molar-refractivity contribution in [2.45, 2.75) is 38.8 Å². The van der Waals surface area contributed by atoms with Gasteiger partial charge in [0.05, 0.1) is 0 Å². The van der Waals surface area contributed by atoms with Crippen molar-refractivity contribution in [3.8, 4) is 0 Å². The van der Waals surface area contributed by atoms with Gasteiger partial charge in [-0.25, -0.2) is 0 Å². The van der Waals surface area contributed by atoms with E-state index in [9.17, 15) is 0 Å². The highest BCUT2D eigenvalue weighted by molar-refractivity contribution is 7.57. The standard InChI is InChI=1S/C9H19P/c1-4-8(2)9-6-5-7-10(9)3/h8-9H,4-7H2,1-3H3. The first-order valence-electron chi connectivity index (χ1n) is 4.46. The van der Waals surface area contributed by atoms with E-state index in [0.29, 0.717) is 7.92 Å². The maximum Gasteiger partial charge on any atom is -0.0186 e. The van der Waals surface area contributed by atoms with E-state index in [-0.39, 0.29) is 0 Å². The Balaban J connectivity index is 2.38. The topological polar surface area (TPSA) is 0 Å². The van der Waals surface area contributed by atoms with Crippen molar-refractivity contribution in [3.05, 3.63) is 0 Å². The van der Waals surface area contributed by atoms with Gasteiger partial charge in [0.2, 0.25) is 0 Å². The minimum atomic E-state index is 0.426. The summed E-state index contributed by atoms with van der Waals surface area (Å²) in [5.74, 6) is 0.999. The predicted octanol–water partition coefficient (Wildman–Crippen LogP) is 3.31. The second-order valence-corrected chi connectivity index (χ2v) is 6.20. The van der Waals surface area contributed by atoms with E-state index in [1.165, 1.54) is 19.3 Å². The van der Waals surface area contributed by atoms with Crippen LogP contribution in [0.3, 0.4) is 0 Å². The fourth-order valence-corrected chi connectivity index (χ4v) is 4.64. The molecule has 1 saturated heterocycles. The van der Waals surface area contributed by atoms with E-state index < -0.39 is 0 Å². The maximum atomic E-state index is 2.49. The summed E-state index contributed by atoms with van der Waals surface area (Å²) >= 11 is 0. The van der Waals surface area contributed by atoms with Crippen LogP contribution >= 0.6 is 7.92 Å². The molecule has 0 N–H and O–H groups in total. The molecule has 60 valence electrons. The van der Waals surface area contributed by atoms with Crippen molar-refractivity contribution < 1.29 is 0 Å². The molecule has 0 spiro atoms. The van der Waals surface area contributed by atoms with E-state index in [2.05, 4.69) is 20.5 Å². The smallest absolute Gasteiger partial charge is 0.0186 e. The van der Waals surface area contributed by atoms with Gasteiger partial charge in [-0.3, -0.25) is 0 Å². The van der Waals surface area contributed by atoms with Gasteiger partial charge in [-0.15, -0.1) is 7.92 Å². The first kappa shape index (κ1) is 8.53. The van der Waals surface area contributed by atoms with Crippen LogP contribution in [0.5, 0.6) is 0 Å². The Hall–Kier alpha value is 0.430. The summed E-state index contributed by atoms with van der Waals surface area (Å²) in [6, 6.07) is 0. The van der Waals surface area contributed by atoms with Crippen LogP contribution in [0.1, 0.15) is 33.1 Å². The summed E-state index contributed by atoms with van der Waals surface area (Å²) in [5.41, 5.74) is 1.11. The van der Waals surface area contributed by atoms with Crippen molar-refractivity contribution in [3.63, 3.8) is 0 Å². The minimum Gasteiger partial charge on any atom is -0.106 e. The summed E-state index contributed by atoms with van der Waals surface area (Å²) in [4.78, 5) is 0. The van der Waals surface area contributed by atoms with Crippen LogP contribution in [0.2, 0.25) is 0 Å². The molecule has 3 atom stereocenters. The molecule has 3 unspecified atom stereocenters. The lowest BCUT2D eigenvalue weighted by Crippen LogP contribution is -2.10. The molecule has 0 aromatic heterocycles. The molecule has 0 aliphatic carbocycles. The molecule has 0 aromatic rings. The third-order valence-corrected chi connectivity index (χ3v) is 5.80. The second kappa shape index (κ2) is 3.72. The molecule has 1 aliphatic heterocycles. The molecule has 1 fully saturated rings. The molecule has 1 aliphatic rings. The zero-order valence-electron chi connectivity index (χ0n) is 7.43. The van der Waals surface area contributed by atoms with Crippen LogP contribution < -0.4 is 0 Å². The first-order chi connectivity index (χ1) is 4.75. The molecule has 1 heterocycles. The zero-order valence-corrected chi connectivity index (χ0v) is 8.32. The molecule has 0 amide bonds. The molecule has 0 bridgehead atoms. The van der Waals surface area contributed by atoms with Crippen LogP contribution in [0.4, 0.5) is 0 Å². The monoisotopic (exact) mass is 158 g/mol. The first-order valence-corrected chi connectivity index (χ1v) is 6.50. The summed E-state index contributed by atoms with van der Waals surface area (Å²) < 4.78 is 0. The van der Waals surface area contributed by atoms with Crippen LogP contribution in [0.25, 0.3) is 0 Å². The Kier molecular flexibility index (Phi) is 3.17. The highest BCUT2D eigenvalue weighted by Gasteiger charge is 2.26. The van der Waals surface area contributed by atoms with Crippen LogP contribution in [0, 0.1) is 5.92 Å².